The fourth-order valence-corrected chi connectivity index (χ4v) is 4.07. The van der Waals surface area contributed by atoms with Crippen molar-refractivity contribution in [2.45, 2.75) is 23.5 Å². The van der Waals surface area contributed by atoms with Crippen LogP contribution in [-0.4, -0.2) is 47.6 Å². The molecule has 0 amide bonds. The summed E-state index contributed by atoms with van der Waals surface area (Å²) in [5, 5.41) is 18.8. The monoisotopic (exact) mass is 339 g/mol. The summed E-state index contributed by atoms with van der Waals surface area (Å²) in [7, 11) is -4.06. The van der Waals surface area contributed by atoms with Gasteiger partial charge in [0.25, 0.3) is 0 Å². The minimum Gasteiger partial charge on any atom is -0.480 e. The van der Waals surface area contributed by atoms with Crippen LogP contribution in [0, 0.1) is 0 Å². The van der Waals surface area contributed by atoms with E-state index in [-0.39, 0.29) is 27.9 Å². The average molecular weight is 340 g/mol. The van der Waals surface area contributed by atoms with Gasteiger partial charge in [-0.15, -0.1) is 0 Å². The van der Waals surface area contributed by atoms with E-state index in [1.54, 1.807) is 0 Å². The Kier molecular flexibility index (Phi) is 4.27. The van der Waals surface area contributed by atoms with Gasteiger partial charge in [0.15, 0.2) is 0 Å². The molecule has 1 aliphatic rings. The number of halogens is 2. The molecule has 2 N–H and O–H groups in total. The average Bonchev–Trinajstić information content (AvgIpc) is 2.75. The lowest BCUT2D eigenvalue weighted by Gasteiger charge is -2.20. The Morgan fingerprint density at radius 3 is 2.50 bits per heavy atom. The van der Waals surface area contributed by atoms with E-state index in [9.17, 15) is 18.3 Å². The third-order valence-corrected chi connectivity index (χ3v) is 5.63. The predicted octanol–water partition coefficient (Wildman–Crippen LogP) is 1.20. The molecule has 0 aliphatic carbocycles. The van der Waals surface area contributed by atoms with Crippen molar-refractivity contribution in [1.29, 1.82) is 0 Å². The van der Waals surface area contributed by atoms with E-state index >= 15 is 0 Å². The largest absolute Gasteiger partial charge is 0.480 e. The van der Waals surface area contributed by atoms with Crippen LogP contribution in [0.25, 0.3) is 0 Å². The van der Waals surface area contributed by atoms with E-state index < -0.39 is 28.1 Å². The van der Waals surface area contributed by atoms with Crippen molar-refractivity contribution < 1.29 is 23.4 Å². The lowest BCUT2D eigenvalue weighted by molar-refractivity contribution is -0.140. The van der Waals surface area contributed by atoms with Gasteiger partial charge in [-0.05, 0) is 18.2 Å². The van der Waals surface area contributed by atoms with Crippen LogP contribution in [0.1, 0.15) is 6.42 Å². The van der Waals surface area contributed by atoms with E-state index in [4.69, 9.17) is 28.3 Å². The molecule has 2 rings (SSSR count). The molecule has 0 spiro atoms. The first-order valence-corrected chi connectivity index (χ1v) is 7.81. The van der Waals surface area contributed by atoms with E-state index in [0.717, 1.165) is 10.4 Å². The van der Waals surface area contributed by atoms with Crippen molar-refractivity contribution in [1.82, 2.24) is 4.31 Å². The van der Waals surface area contributed by atoms with Crippen molar-refractivity contribution in [3.8, 4) is 0 Å². The molecular formula is C11H11Cl2NO5S. The third-order valence-electron chi connectivity index (χ3n) is 3.02. The summed E-state index contributed by atoms with van der Waals surface area (Å²) in [6.07, 6.45) is -1.15. The first-order chi connectivity index (χ1) is 9.23. The summed E-state index contributed by atoms with van der Waals surface area (Å²) in [5.74, 6) is -1.30. The summed E-state index contributed by atoms with van der Waals surface area (Å²) in [6.45, 7) is -0.264. The first-order valence-electron chi connectivity index (χ1n) is 5.61. The smallest absolute Gasteiger partial charge is 0.322 e. The quantitative estimate of drug-likeness (QED) is 0.862. The molecule has 1 aromatic rings. The molecule has 0 radical (unpaired) electrons. The normalized spacial score (nSPS) is 23.9. The number of hydrogen-bond acceptors (Lipinski definition) is 4. The molecule has 1 aliphatic heterocycles. The molecular weight excluding hydrogens is 329 g/mol. The van der Waals surface area contributed by atoms with Crippen LogP contribution >= 0.6 is 23.2 Å². The molecule has 20 heavy (non-hydrogen) atoms. The van der Waals surface area contributed by atoms with Crippen LogP contribution in [0.4, 0.5) is 0 Å². The van der Waals surface area contributed by atoms with Gasteiger partial charge in [-0.2, -0.15) is 4.31 Å². The van der Waals surface area contributed by atoms with Crippen LogP contribution in [0.3, 0.4) is 0 Å². The molecule has 110 valence electrons. The van der Waals surface area contributed by atoms with Gasteiger partial charge < -0.3 is 10.2 Å². The topological polar surface area (TPSA) is 94.9 Å². The number of nitrogens with zero attached hydrogens (tertiary/aromatic N) is 1. The summed E-state index contributed by atoms with van der Waals surface area (Å²) < 4.78 is 25.6. The van der Waals surface area contributed by atoms with Crippen molar-refractivity contribution in [2.75, 3.05) is 6.54 Å². The molecule has 0 aromatic heterocycles. The van der Waals surface area contributed by atoms with Gasteiger partial charge in [-0.25, -0.2) is 8.42 Å². The Bertz CT molecular complexity index is 648. The van der Waals surface area contributed by atoms with E-state index in [2.05, 4.69) is 0 Å². The van der Waals surface area contributed by atoms with E-state index in [1.807, 2.05) is 0 Å². The summed E-state index contributed by atoms with van der Waals surface area (Å²) >= 11 is 11.5. The van der Waals surface area contributed by atoms with Gasteiger partial charge in [0.05, 0.1) is 21.0 Å². The molecule has 0 bridgehead atoms. The summed E-state index contributed by atoms with van der Waals surface area (Å²) in [4.78, 5) is 10.9. The van der Waals surface area contributed by atoms with E-state index in [0.29, 0.717) is 0 Å². The zero-order chi connectivity index (χ0) is 15.1. The van der Waals surface area contributed by atoms with Crippen molar-refractivity contribution in [3.05, 3.63) is 28.2 Å². The molecule has 1 heterocycles. The number of carbonyl (C=O) groups is 1. The Morgan fingerprint density at radius 2 is 1.95 bits per heavy atom. The first kappa shape index (κ1) is 15.5. The number of carboxylic acids is 1. The third kappa shape index (κ3) is 2.77. The molecule has 6 nitrogen and oxygen atoms in total. The highest BCUT2D eigenvalue weighted by molar-refractivity contribution is 7.89. The fourth-order valence-electron chi connectivity index (χ4n) is 2.05. The van der Waals surface area contributed by atoms with Crippen LogP contribution in [0.15, 0.2) is 23.1 Å². The van der Waals surface area contributed by atoms with Crippen LogP contribution in [0.5, 0.6) is 0 Å². The number of β-amino-alcohol motifs (C(OH)–C–C–N with tert-alkyl or cyclic N) is 1. The minimum absolute atomic E-state index is 0.0550. The molecule has 9 heteroatoms. The molecule has 1 fully saturated rings. The van der Waals surface area contributed by atoms with Gasteiger partial charge in [-0.1, -0.05) is 23.2 Å². The Balaban J connectivity index is 2.43. The summed E-state index contributed by atoms with van der Waals surface area (Å²) in [5.41, 5.74) is 0. The Labute approximate surface area is 125 Å². The Hall–Kier alpha value is -0.860. The standard InChI is InChI=1S/C11H11Cl2NO5S/c12-8-2-1-7(4-9(8)13)20(18,19)14-5-6(15)3-10(14)11(16)17/h1-2,4,6,10,15H,3,5H2,(H,16,17)/t6-,10-/m1/s1. The number of hydrogen-bond donors (Lipinski definition) is 2. The fraction of sp³-hybridized carbons (Fsp3) is 0.364. The second kappa shape index (κ2) is 5.50. The predicted molar refractivity (Wildman–Crippen MR) is 72.4 cm³/mol. The van der Waals surface area contributed by atoms with Gasteiger partial charge in [0.2, 0.25) is 10.0 Å². The second-order valence-electron chi connectivity index (χ2n) is 4.39. The van der Waals surface area contributed by atoms with Crippen molar-refractivity contribution in [2.24, 2.45) is 0 Å². The maximum Gasteiger partial charge on any atom is 0.322 e. The maximum absolute atomic E-state index is 12.4. The van der Waals surface area contributed by atoms with Crippen LogP contribution in [-0.2, 0) is 14.8 Å². The highest BCUT2D eigenvalue weighted by Crippen LogP contribution is 2.30. The number of sulfonamides is 1. The van der Waals surface area contributed by atoms with Gasteiger partial charge >= 0.3 is 5.97 Å². The van der Waals surface area contributed by atoms with Gasteiger partial charge in [0, 0.05) is 13.0 Å². The lowest BCUT2D eigenvalue weighted by atomic mass is 10.2. The number of rotatable bonds is 3. The van der Waals surface area contributed by atoms with Crippen LogP contribution < -0.4 is 0 Å². The minimum atomic E-state index is -4.06. The number of carboxylic acid groups (broad SMARTS) is 1. The molecule has 1 saturated heterocycles. The number of aliphatic hydroxyl groups excluding tert-OH is 1. The Morgan fingerprint density at radius 1 is 1.30 bits per heavy atom. The highest BCUT2D eigenvalue weighted by atomic mass is 35.5. The zero-order valence-corrected chi connectivity index (χ0v) is 12.4. The van der Waals surface area contributed by atoms with Crippen molar-refractivity contribution in [3.63, 3.8) is 0 Å². The molecule has 0 unspecified atom stereocenters. The number of aliphatic carboxylic acids is 1. The second-order valence-corrected chi connectivity index (χ2v) is 7.10. The molecule has 1 aromatic carbocycles. The van der Waals surface area contributed by atoms with Gasteiger partial charge in [-0.3, -0.25) is 4.79 Å². The number of benzene rings is 1. The molecule has 0 saturated carbocycles. The van der Waals surface area contributed by atoms with Crippen LogP contribution in [0.2, 0.25) is 10.0 Å². The van der Waals surface area contributed by atoms with E-state index in [1.165, 1.54) is 12.1 Å². The summed E-state index contributed by atoms with van der Waals surface area (Å²) in [6, 6.07) is 2.43. The van der Waals surface area contributed by atoms with Crippen molar-refractivity contribution >= 4 is 39.2 Å². The lowest BCUT2D eigenvalue weighted by Crippen LogP contribution is -2.40. The maximum atomic E-state index is 12.4. The SMILES string of the molecule is O=C(O)[C@H]1C[C@@H](O)CN1S(=O)(=O)c1ccc(Cl)c(Cl)c1. The zero-order valence-electron chi connectivity index (χ0n) is 10.0. The van der Waals surface area contributed by atoms with Gasteiger partial charge in [0.1, 0.15) is 6.04 Å². The number of aliphatic hydroxyl groups is 1. The molecule has 2 atom stereocenters. The highest BCUT2D eigenvalue weighted by Gasteiger charge is 2.43.